The van der Waals surface area contributed by atoms with Gasteiger partial charge in [-0.25, -0.2) is 4.79 Å². The number of carbonyl (C=O) groups is 2. The predicted octanol–water partition coefficient (Wildman–Crippen LogP) is 2.99. The molecule has 1 aromatic heterocycles. The zero-order valence-corrected chi connectivity index (χ0v) is 15.5. The first-order valence-electron chi connectivity index (χ1n) is 10.0. The van der Waals surface area contributed by atoms with E-state index in [0.29, 0.717) is 43.5 Å². The van der Waals surface area contributed by atoms with Crippen molar-refractivity contribution in [2.24, 2.45) is 11.8 Å². The Morgan fingerprint density at radius 1 is 1.23 bits per heavy atom. The Morgan fingerprint density at radius 3 is 2.54 bits per heavy atom. The molecule has 3 amide bonds. The summed E-state index contributed by atoms with van der Waals surface area (Å²) in [6.07, 6.45) is 8.01. The molecule has 4 rings (SSSR count). The first-order chi connectivity index (χ1) is 12.6. The Bertz CT molecular complexity index is 629. The third-order valence-corrected chi connectivity index (χ3v) is 6.06. The van der Waals surface area contributed by atoms with Crippen LogP contribution in [0.3, 0.4) is 0 Å². The number of hydrogen-bond acceptors (Lipinski definition) is 3. The van der Waals surface area contributed by atoms with Gasteiger partial charge in [0, 0.05) is 31.1 Å². The van der Waals surface area contributed by atoms with E-state index >= 15 is 0 Å². The van der Waals surface area contributed by atoms with E-state index in [0.717, 1.165) is 31.4 Å². The van der Waals surface area contributed by atoms with E-state index in [4.69, 9.17) is 4.42 Å². The highest BCUT2D eigenvalue weighted by Gasteiger charge is 2.43. The Morgan fingerprint density at radius 2 is 1.96 bits per heavy atom. The normalized spacial score (nSPS) is 22.1. The van der Waals surface area contributed by atoms with Crippen LogP contribution in [0.1, 0.15) is 51.2 Å². The third kappa shape index (κ3) is 3.89. The molecule has 0 radical (unpaired) electrons. The molecule has 2 heterocycles. The number of piperidine rings is 1. The SMILES string of the molecule is C[C@H](C1CC1)N(C(=O)C1CCN(C(=O)NCc2ccco2)CC1)C1CC1. The van der Waals surface area contributed by atoms with Gasteiger partial charge >= 0.3 is 6.03 Å². The molecule has 26 heavy (non-hydrogen) atoms. The van der Waals surface area contributed by atoms with Gasteiger partial charge in [0.05, 0.1) is 12.8 Å². The van der Waals surface area contributed by atoms with Gasteiger partial charge in [0.15, 0.2) is 0 Å². The fourth-order valence-corrected chi connectivity index (χ4v) is 4.10. The zero-order chi connectivity index (χ0) is 18.1. The molecule has 3 fully saturated rings. The summed E-state index contributed by atoms with van der Waals surface area (Å²) in [7, 11) is 0. The van der Waals surface area contributed by atoms with Gasteiger partial charge < -0.3 is 19.5 Å². The van der Waals surface area contributed by atoms with Crippen LogP contribution in [0.25, 0.3) is 0 Å². The van der Waals surface area contributed by atoms with Crippen molar-refractivity contribution in [2.75, 3.05) is 13.1 Å². The number of urea groups is 1. The van der Waals surface area contributed by atoms with Gasteiger partial charge in [0.1, 0.15) is 5.76 Å². The fourth-order valence-electron chi connectivity index (χ4n) is 4.10. The van der Waals surface area contributed by atoms with Crippen LogP contribution < -0.4 is 5.32 Å². The number of furan rings is 1. The van der Waals surface area contributed by atoms with Gasteiger partial charge in [-0.05, 0) is 63.5 Å². The molecule has 1 aromatic rings. The summed E-state index contributed by atoms with van der Waals surface area (Å²) in [6.45, 7) is 3.93. The van der Waals surface area contributed by atoms with E-state index < -0.39 is 0 Å². The molecule has 0 unspecified atom stereocenters. The summed E-state index contributed by atoms with van der Waals surface area (Å²) in [6, 6.07) is 4.46. The van der Waals surface area contributed by atoms with Crippen molar-refractivity contribution in [2.45, 2.75) is 64.1 Å². The molecule has 0 aromatic carbocycles. The molecule has 0 bridgehead atoms. The van der Waals surface area contributed by atoms with Gasteiger partial charge in [0.25, 0.3) is 0 Å². The van der Waals surface area contributed by atoms with Crippen LogP contribution in [0, 0.1) is 11.8 Å². The summed E-state index contributed by atoms with van der Waals surface area (Å²) in [4.78, 5) is 29.4. The van der Waals surface area contributed by atoms with E-state index in [1.807, 2.05) is 17.0 Å². The predicted molar refractivity (Wildman–Crippen MR) is 97.3 cm³/mol. The highest BCUT2D eigenvalue weighted by Crippen LogP contribution is 2.41. The molecular weight excluding hydrogens is 330 g/mol. The van der Waals surface area contributed by atoms with Crippen molar-refractivity contribution in [3.05, 3.63) is 24.2 Å². The van der Waals surface area contributed by atoms with E-state index in [-0.39, 0.29) is 11.9 Å². The largest absolute Gasteiger partial charge is 0.467 e. The molecule has 2 saturated carbocycles. The average Bonchev–Trinajstić information content (AvgIpc) is 3.59. The molecule has 2 aliphatic carbocycles. The topological polar surface area (TPSA) is 65.8 Å². The lowest BCUT2D eigenvalue weighted by atomic mass is 9.94. The van der Waals surface area contributed by atoms with Crippen molar-refractivity contribution in [1.82, 2.24) is 15.1 Å². The lowest BCUT2D eigenvalue weighted by Gasteiger charge is -2.37. The minimum absolute atomic E-state index is 0.0716. The van der Waals surface area contributed by atoms with E-state index in [1.165, 1.54) is 12.8 Å². The van der Waals surface area contributed by atoms with Gasteiger partial charge in [0.2, 0.25) is 5.91 Å². The Hall–Kier alpha value is -1.98. The van der Waals surface area contributed by atoms with Gasteiger partial charge in [-0.15, -0.1) is 0 Å². The second-order valence-electron chi connectivity index (χ2n) is 8.05. The molecule has 6 heteroatoms. The first kappa shape index (κ1) is 17.4. The van der Waals surface area contributed by atoms with Crippen LogP contribution >= 0.6 is 0 Å². The van der Waals surface area contributed by atoms with Crippen molar-refractivity contribution < 1.29 is 14.0 Å². The summed E-state index contributed by atoms with van der Waals surface area (Å²) in [5.74, 6) is 1.87. The number of carbonyl (C=O) groups excluding carboxylic acids is 2. The molecule has 0 spiro atoms. The minimum Gasteiger partial charge on any atom is -0.467 e. The van der Waals surface area contributed by atoms with Gasteiger partial charge in [-0.1, -0.05) is 0 Å². The fraction of sp³-hybridized carbons (Fsp3) is 0.700. The lowest BCUT2D eigenvalue weighted by Crippen LogP contribution is -2.50. The minimum atomic E-state index is -0.0716. The number of amides is 3. The average molecular weight is 359 g/mol. The molecule has 1 saturated heterocycles. The monoisotopic (exact) mass is 359 g/mol. The van der Waals surface area contributed by atoms with E-state index in [9.17, 15) is 9.59 Å². The summed E-state index contributed by atoms with van der Waals surface area (Å²) < 4.78 is 5.24. The Balaban J connectivity index is 1.27. The number of nitrogens with zero attached hydrogens (tertiary/aromatic N) is 2. The van der Waals surface area contributed by atoms with Crippen molar-refractivity contribution in [1.29, 1.82) is 0 Å². The summed E-state index contributed by atoms with van der Waals surface area (Å²) >= 11 is 0. The van der Waals surface area contributed by atoms with E-state index in [1.54, 1.807) is 6.26 Å². The molecule has 3 aliphatic rings. The maximum absolute atomic E-state index is 13.1. The second kappa shape index (κ2) is 7.33. The molecular formula is C20H29N3O3. The van der Waals surface area contributed by atoms with Crippen molar-refractivity contribution in [3.8, 4) is 0 Å². The molecule has 1 atom stereocenters. The van der Waals surface area contributed by atoms with Gasteiger partial charge in [-0.2, -0.15) is 0 Å². The quantitative estimate of drug-likeness (QED) is 0.849. The van der Waals surface area contributed by atoms with Crippen LogP contribution in [-0.2, 0) is 11.3 Å². The number of likely N-dealkylation sites (tertiary alicyclic amines) is 1. The molecule has 1 aliphatic heterocycles. The van der Waals surface area contributed by atoms with Crippen LogP contribution in [0.2, 0.25) is 0 Å². The summed E-state index contributed by atoms with van der Waals surface area (Å²) in [5.41, 5.74) is 0. The highest BCUT2D eigenvalue weighted by atomic mass is 16.3. The van der Waals surface area contributed by atoms with E-state index in [2.05, 4.69) is 17.1 Å². The number of nitrogens with one attached hydrogen (secondary N) is 1. The molecule has 6 nitrogen and oxygen atoms in total. The van der Waals surface area contributed by atoms with Crippen molar-refractivity contribution in [3.63, 3.8) is 0 Å². The van der Waals surface area contributed by atoms with Crippen LogP contribution in [0.15, 0.2) is 22.8 Å². The lowest BCUT2D eigenvalue weighted by molar-refractivity contribution is -0.140. The maximum Gasteiger partial charge on any atom is 0.317 e. The first-order valence-corrected chi connectivity index (χ1v) is 10.0. The maximum atomic E-state index is 13.1. The standard InChI is InChI=1S/C20H29N3O3/c1-14(15-4-5-15)23(17-6-7-17)19(24)16-8-10-22(11-9-16)20(25)21-13-18-3-2-12-26-18/h2-3,12,14-17H,4-11,13H2,1H3,(H,21,25)/t14-/m1/s1. The molecule has 142 valence electrons. The summed E-state index contributed by atoms with van der Waals surface area (Å²) in [5, 5.41) is 2.89. The Labute approximate surface area is 154 Å². The molecule has 1 N–H and O–H groups in total. The van der Waals surface area contributed by atoms with Crippen LogP contribution in [0.4, 0.5) is 4.79 Å². The number of hydrogen-bond donors (Lipinski definition) is 1. The number of rotatable bonds is 6. The van der Waals surface area contributed by atoms with Crippen LogP contribution in [0.5, 0.6) is 0 Å². The third-order valence-electron chi connectivity index (χ3n) is 6.06. The smallest absolute Gasteiger partial charge is 0.317 e. The zero-order valence-electron chi connectivity index (χ0n) is 15.5. The highest BCUT2D eigenvalue weighted by molar-refractivity contribution is 5.80. The Kier molecular flexibility index (Phi) is 4.92. The van der Waals surface area contributed by atoms with Crippen molar-refractivity contribution >= 4 is 11.9 Å². The van der Waals surface area contributed by atoms with Crippen LogP contribution in [-0.4, -0.2) is 46.9 Å². The second-order valence-corrected chi connectivity index (χ2v) is 8.05. The van der Waals surface area contributed by atoms with Gasteiger partial charge in [-0.3, -0.25) is 4.79 Å².